The third kappa shape index (κ3) is 3.83. The molecule has 0 fully saturated rings. The average molecular weight is 310 g/mol. The van der Waals surface area contributed by atoms with Gasteiger partial charge in [0.2, 0.25) is 0 Å². The zero-order valence-corrected chi connectivity index (χ0v) is 12.8. The van der Waals surface area contributed by atoms with Crippen molar-refractivity contribution >= 4 is 29.2 Å². The molecule has 2 rings (SSSR count). The van der Waals surface area contributed by atoms with Crippen molar-refractivity contribution in [2.75, 3.05) is 13.1 Å². The molecule has 0 aliphatic carbocycles. The lowest BCUT2D eigenvalue weighted by molar-refractivity contribution is 0.0951. The summed E-state index contributed by atoms with van der Waals surface area (Å²) in [6, 6.07) is 7.46. The summed E-state index contributed by atoms with van der Waals surface area (Å²) in [4.78, 5) is 26.9. The maximum Gasteiger partial charge on any atom is 0.261 e. The van der Waals surface area contributed by atoms with E-state index in [9.17, 15) is 9.59 Å². The standard InChI is InChI=1S/C15H19N3O2.ClH/c1-10-11-6-2-3-7-12(11)18-15(20)13(10)14(19)17-9-5-4-8-16;/h2-3,6-7H,4-5,8-9,16H2,1H3,(H,17,19)(H,18,20);1H. The van der Waals surface area contributed by atoms with E-state index in [2.05, 4.69) is 10.3 Å². The Hall–Kier alpha value is -1.85. The Morgan fingerprint density at radius 1 is 1.29 bits per heavy atom. The van der Waals surface area contributed by atoms with Crippen LogP contribution in [0.5, 0.6) is 0 Å². The number of aromatic nitrogens is 1. The molecule has 0 aliphatic rings. The quantitative estimate of drug-likeness (QED) is 0.735. The molecule has 4 N–H and O–H groups in total. The topological polar surface area (TPSA) is 88.0 Å². The molecule has 5 nitrogen and oxygen atoms in total. The third-order valence-electron chi connectivity index (χ3n) is 3.32. The van der Waals surface area contributed by atoms with E-state index in [1.54, 1.807) is 6.92 Å². The number of rotatable bonds is 5. The second kappa shape index (κ2) is 7.81. The van der Waals surface area contributed by atoms with Gasteiger partial charge in [0.25, 0.3) is 11.5 Å². The molecular weight excluding hydrogens is 290 g/mol. The summed E-state index contributed by atoms with van der Waals surface area (Å²) in [5.74, 6) is -0.327. The highest BCUT2D eigenvalue weighted by molar-refractivity contribution is 5.99. The van der Waals surface area contributed by atoms with Crippen molar-refractivity contribution in [3.8, 4) is 0 Å². The Labute approximate surface area is 129 Å². The largest absolute Gasteiger partial charge is 0.352 e. The second-order valence-corrected chi connectivity index (χ2v) is 4.75. The summed E-state index contributed by atoms with van der Waals surface area (Å²) in [5, 5.41) is 3.65. The molecule has 0 radical (unpaired) electrons. The Morgan fingerprint density at radius 2 is 2.00 bits per heavy atom. The highest BCUT2D eigenvalue weighted by Crippen LogP contribution is 2.16. The molecule has 21 heavy (non-hydrogen) atoms. The first-order valence-corrected chi connectivity index (χ1v) is 6.75. The number of H-pyrrole nitrogens is 1. The molecule has 0 saturated heterocycles. The van der Waals surface area contributed by atoms with E-state index in [4.69, 9.17) is 5.73 Å². The zero-order chi connectivity index (χ0) is 14.5. The fraction of sp³-hybridized carbons (Fsp3) is 0.333. The number of hydrogen-bond acceptors (Lipinski definition) is 3. The van der Waals surface area contributed by atoms with Crippen LogP contribution in [0.2, 0.25) is 0 Å². The Bertz CT molecular complexity index is 682. The Morgan fingerprint density at radius 3 is 2.71 bits per heavy atom. The molecule has 1 aromatic heterocycles. The van der Waals surface area contributed by atoms with E-state index >= 15 is 0 Å². The van der Waals surface area contributed by atoms with Crippen LogP contribution in [0.15, 0.2) is 29.1 Å². The number of para-hydroxylation sites is 1. The molecule has 1 aromatic carbocycles. The summed E-state index contributed by atoms with van der Waals surface area (Å²) in [6.45, 7) is 2.93. The molecule has 2 aromatic rings. The van der Waals surface area contributed by atoms with Crippen molar-refractivity contribution in [1.29, 1.82) is 0 Å². The van der Waals surface area contributed by atoms with Gasteiger partial charge in [0.05, 0.1) is 0 Å². The van der Waals surface area contributed by atoms with Crippen LogP contribution >= 0.6 is 12.4 Å². The van der Waals surface area contributed by atoms with Crippen LogP contribution in [0.3, 0.4) is 0 Å². The van der Waals surface area contributed by atoms with Crippen LogP contribution in [-0.4, -0.2) is 24.0 Å². The lowest BCUT2D eigenvalue weighted by Gasteiger charge is -2.09. The van der Waals surface area contributed by atoms with Gasteiger partial charge in [-0.3, -0.25) is 9.59 Å². The van der Waals surface area contributed by atoms with Crippen LogP contribution < -0.4 is 16.6 Å². The van der Waals surface area contributed by atoms with Crippen LogP contribution in [0.25, 0.3) is 10.9 Å². The molecule has 6 heteroatoms. The normalized spacial score (nSPS) is 10.2. The maximum absolute atomic E-state index is 12.1. The highest BCUT2D eigenvalue weighted by atomic mass is 35.5. The first kappa shape index (κ1) is 17.2. The summed E-state index contributed by atoms with van der Waals surface area (Å²) in [6.07, 6.45) is 1.67. The van der Waals surface area contributed by atoms with Gasteiger partial charge in [0, 0.05) is 17.4 Å². The van der Waals surface area contributed by atoms with Crippen molar-refractivity contribution < 1.29 is 4.79 Å². The lowest BCUT2D eigenvalue weighted by Crippen LogP contribution is -2.31. The van der Waals surface area contributed by atoms with Crippen LogP contribution in [0.4, 0.5) is 0 Å². The van der Waals surface area contributed by atoms with Gasteiger partial charge in [-0.15, -0.1) is 12.4 Å². The molecule has 0 spiro atoms. The predicted molar refractivity (Wildman–Crippen MR) is 87.2 cm³/mol. The number of carbonyl (C=O) groups is 1. The van der Waals surface area contributed by atoms with Gasteiger partial charge in [0.15, 0.2) is 0 Å². The monoisotopic (exact) mass is 309 g/mol. The molecule has 0 saturated carbocycles. The van der Waals surface area contributed by atoms with Crippen molar-refractivity contribution in [2.45, 2.75) is 19.8 Å². The van der Waals surface area contributed by atoms with Gasteiger partial charge in [-0.2, -0.15) is 0 Å². The van der Waals surface area contributed by atoms with Crippen molar-refractivity contribution in [1.82, 2.24) is 10.3 Å². The highest BCUT2D eigenvalue weighted by Gasteiger charge is 2.15. The summed E-state index contributed by atoms with van der Waals surface area (Å²) >= 11 is 0. The molecule has 0 atom stereocenters. The molecule has 0 aliphatic heterocycles. The van der Waals surface area contributed by atoms with Gasteiger partial charge in [-0.25, -0.2) is 0 Å². The first-order valence-electron chi connectivity index (χ1n) is 6.75. The van der Waals surface area contributed by atoms with E-state index in [0.717, 1.165) is 23.7 Å². The van der Waals surface area contributed by atoms with Crippen LogP contribution in [0, 0.1) is 6.92 Å². The van der Waals surface area contributed by atoms with Crippen LogP contribution in [-0.2, 0) is 0 Å². The number of aryl methyl sites for hydroxylation is 1. The van der Waals surface area contributed by atoms with Crippen molar-refractivity contribution in [2.24, 2.45) is 5.73 Å². The molecule has 114 valence electrons. The van der Waals surface area contributed by atoms with E-state index < -0.39 is 0 Å². The lowest BCUT2D eigenvalue weighted by atomic mass is 10.0. The summed E-state index contributed by atoms with van der Waals surface area (Å²) in [5.41, 5.74) is 6.69. The number of hydrogen-bond donors (Lipinski definition) is 3. The van der Waals surface area contributed by atoms with E-state index in [0.29, 0.717) is 18.7 Å². The van der Waals surface area contributed by atoms with Gasteiger partial charge in [-0.05, 0) is 37.9 Å². The number of benzene rings is 1. The number of fused-ring (bicyclic) bond motifs is 1. The average Bonchev–Trinajstić information content (AvgIpc) is 2.43. The smallest absolute Gasteiger partial charge is 0.261 e. The number of nitrogens with two attached hydrogens (primary N) is 1. The molecule has 1 heterocycles. The van der Waals surface area contributed by atoms with Gasteiger partial charge in [-0.1, -0.05) is 18.2 Å². The minimum atomic E-state index is -0.350. The number of unbranched alkanes of at least 4 members (excludes halogenated alkanes) is 1. The summed E-state index contributed by atoms with van der Waals surface area (Å²) in [7, 11) is 0. The third-order valence-corrected chi connectivity index (χ3v) is 3.32. The molecule has 0 unspecified atom stereocenters. The molecule has 1 amide bonds. The number of aromatic amines is 1. The van der Waals surface area contributed by atoms with E-state index in [1.165, 1.54) is 0 Å². The summed E-state index contributed by atoms with van der Waals surface area (Å²) < 4.78 is 0. The number of halogens is 1. The number of nitrogens with one attached hydrogen (secondary N) is 2. The van der Waals surface area contributed by atoms with Gasteiger partial charge in [0.1, 0.15) is 5.56 Å². The second-order valence-electron chi connectivity index (χ2n) is 4.75. The Balaban J connectivity index is 0.00000220. The maximum atomic E-state index is 12.1. The number of pyridine rings is 1. The SMILES string of the molecule is Cc1c(C(=O)NCCCCN)c(=O)[nH]c2ccccc12.Cl. The van der Waals surface area contributed by atoms with E-state index in [-0.39, 0.29) is 29.4 Å². The predicted octanol–water partition coefficient (Wildman–Crippen LogP) is 1.73. The van der Waals surface area contributed by atoms with Gasteiger partial charge >= 0.3 is 0 Å². The molecule has 0 bridgehead atoms. The number of carbonyl (C=O) groups excluding carboxylic acids is 1. The minimum Gasteiger partial charge on any atom is -0.352 e. The zero-order valence-electron chi connectivity index (χ0n) is 11.9. The van der Waals surface area contributed by atoms with Crippen molar-refractivity contribution in [3.63, 3.8) is 0 Å². The first-order chi connectivity index (χ1) is 9.65. The Kier molecular flexibility index (Phi) is 6.39. The minimum absolute atomic E-state index is 0. The van der Waals surface area contributed by atoms with Gasteiger partial charge < -0.3 is 16.0 Å². The fourth-order valence-electron chi connectivity index (χ4n) is 2.24. The fourth-order valence-corrected chi connectivity index (χ4v) is 2.24. The number of amides is 1. The van der Waals surface area contributed by atoms with Crippen molar-refractivity contribution in [3.05, 3.63) is 45.7 Å². The van der Waals surface area contributed by atoms with Crippen LogP contribution in [0.1, 0.15) is 28.8 Å². The van der Waals surface area contributed by atoms with E-state index in [1.807, 2.05) is 24.3 Å². The molecular formula is C15H20ClN3O2.